The molecule has 6 nitrogen and oxygen atoms in total. The third-order valence-corrected chi connectivity index (χ3v) is 8.66. The predicted molar refractivity (Wildman–Crippen MR) is 131 cm³/mol. The zero-order valence-electron chi connectivity index (χ0n) is 22.2. The van der Waals surface area contributed by atoms with Crippen LogP contribution in [0.5, 0.6) is 0 Å². The maximum absolute atomic E-state index is 13.2. The molecule has 2 saturated heterocycles. The Hall–Kier alpha value is -0.980. The molecule has 190 valence electrons. The van der Waals surface area contributed by atoms with Gasteiger partial charge in [-0.05, 0) is 65.3 Å². The van der Waals surface area contributed by atoms with Crippen molar-refractivity contribution in [2.75, 3.05) is 46.9 Å². The molecule has 3 aliphatic rings. The lowest BCUT2D eigenvalue weighted by molar-refractivity contribution is -0.162. The highest BCUT2D eigenvalue weighted by Gasteiger charge is 2.44. The van der Waals surface area contributed by atoms with Gasteiger partial charge in [0.05, 0.1) is 5.60 Å². The highest BCUT2D eigenvalue weighted by molar-refractivity contribution is 6.03. The summed E-state index contributed by atoms with van der Waals surface area (Å²) in [7, 11) is 3.90. The molecular weight excluding hydrogens is 416 g/mol. The Morgan fingerprint density at radius 1 is 1.03 bits per heavy atom. The van der Waals surface area contributed by atoms with Gasteiger partial charge in [-0.1, -0.05) is 26.7 Å². The Morgan fingerprint density at radius 3 is 2.27 bits per heavy atom. The second kappa shape index (κ2) is 10.7. The van der Waals surface area contributed by atoms with Gasteiger partial charge in [0.1, 0.15) is 12.0 Å². The van der Waals surface area contributed by atoms with Crippen LogP contribution in [0.25, 0.3) is 0 Å². The zero-order chi connectivity index (χ0) is 24.4. The Kier molecular flexibility index (Phi) is 8.66. The van der Waals surface area contributed by atoms with Crippen molar-refractivity contribution >= 4 is 11.8 Å². The number of ketones is 1. The number of carbonyl (C=O) groups excluding carboxylic acids is 2. The van der Waals surface area contributed by atoms with Crippen molar-refractivity contribution in [3.05, 3.63) is 0 Å². The summed E-state index contributed by atoms with van der Waals surface area (Å²) in [5.41, 5.74) is -1.54. The predicted octanol–water partition coefficient (Wildman–Crippen LogP) is 4.02. The van der Waals surface area contributed by atoms with Crippen molar-refractivity contribution in [1.82, 2.24) is 9.80 Å². The molecule has 1 saturated carbocycles. The van der Waals surface area contributed by atoms with Crippen molar-refractivity contribution in [2.45, 2.75) is 84.8 Å². The molecule has 1 aliphatic carbocycles. The molecule has 33 heavy (non-hydrogen) atoms. The minimum Gasteiger partial charge on any atom is -0.463 e. The molecule has 0 N–H and O–H groups in total. The fourth-order valence-corrected chi connectivity index (χ4v) is 6.66. The number of methoxy groups -OCH3 is 1. The molecule has 4 atom stereocenters. The van der Waals surface area contributed by atoms with E-state index in [9.17, 15) is 9.59 Å². The second-order valence-corrected chi connectivity index (χ2v) is 12.3. The normalized spacial score (nSPS) is 36.5. The van der Waals surface area contributed by atoms with Gasteiger partial charge in [-0.25, -0.2) is 0 Å². The zero-order valence-corrected chi connectivity index (χ0v) is 22.2. The topological polar surface area (TPSA) is 59.1 Å². The van der Waals surface area contributed by atoms with Gasteiger partial charge >= 0.3 is 5.97 Å². The van der Waals surface area contributed by atoms with Crippen LogP contribution in [0, 0.1) is 29.1 Å². The number of nitrogens with zero attached hydrogens (tertiary/aromatic N) is 2. The third kappa shape index (κ3) is 6.37. The Balaban J connectivity index is 1.73. The fourth-order valence-electron chi connectivity index (χ4n) is 6.66. The van der Waals surface area contributed by atoms with Gasteiger partial charge in [-0.3, -0.25) is 14.5 Å². The summed E-state index contributed by atoms with van der Waals surface area (Å²) in [6.45, 7) is 14.4. The third-order valence-electron chi connectivity index (χ3n) is 8.66. The molecule has 3 rings (SSSR count). The van der Waals surface area contributed by atoms with E-state index < -0.39 is 17.0 Å². The minimum atomic E-state index is -1.15. The van der Waals surface area contributed by atoms with Gasteiger partial charge in [0.2, 0.25) is 0 Å². The van der Waals surface area contributed by atoms with E-state index in [2.05, 4.69) is 30.7 Å². The van der Waals surface area contributed by atoms with E-state index in [1.807, 2.05) is 6.92 Å². The highest BCUT2D eigenvalue weighted by Crippen LogP contribution is 2.35. The number of likely N-dealkylation sites (tertiary alicyclic amines) is 1. The van der Waals surface area contributed by atoms with E-state index in [-0.39, 0.29) is 17.7 Å². The van der Waals surface area contributed by atoms with Crippen molar-refractivity contribution in [1.29, 1.82) is 0 Å². The number of ether oxygens (including phenoxy) is 2. The van der Waals surface area contributed by atoms with Gasteiger partial charge in [0.15, 0.2) is 5.78 Å². The van der Waals surface area contributed by atoms with Gasteiger partial charge < -0.3 is 14.4 Å². The summed E-state index contributed by atoms with van der Waals surface area (Å²) < 4.78 is 11.8. The average Bonchev–Trinajstić information content (AvgIpc) is 3.23. The molecule has 0 aromatic rings. The van der Waals surface area contributed by atoms with E-state index in [0.29, 0.717) is 24.9 Å². The van der Waals surface area contributed by atoms with Crippen molar-refractivity contribution < 1.29 is 19.1 Å². The van der Waals surface area contributed by atoms with Crippen LogP contribution < -0.4 is 0 Å². The summed E-state index contributed by atoms with van der Waals surface area (Å²) in [4.78, 5) is 31.3. The number of Topliss-reactive ketones (excluding diaryl/α,β-unsaturated/α-hetero) is 1. The van der Waals surface area contributed by atoms with Crippen molar-refractivity contribution in [3.63, 3.8) is 0 Å². The summed E-state index contributed by atoms with van der Waals surface area (Å²) in [5.74, 6) is 1.04. The fraction of sp³-hybridized carbons (Fsp3) is 0.926. The summed E-state index contributed by atoms with van der Waals surface area (Å²) in [6.07, 6.45) is 7.00. The van der Waals surface area contributed by atoms with Crippen LogP contribution in [0.2, 0.25) is 0 Å². The largest absolute Gasteiger partial charge is 0.463 e. The number of rotatable bonds is 4. The van der Waals surface area contributed by atoms with Crippen LogP contribution in [-0.2, 0) is 19.1 Å². The molecule has 2 aliphatic heterocycles. The highest BCUT2D eigenvalue weighted by atomic mass is 16.5. The van der Waals surface area contributed by atoms with E-state index in [0.717, 1.165) is 32.0 Å². The maximum atomic E-state index is 13.2. The average molecular weight is 465 g/mol. The van der Waals surface area contributed by atoms with E-state index in [1.165, 1.54) is 32.2 Å². The summed E-state index contributed by atoms with van der Waals surface area (Å²) in [5, 5.41) is 0. The Labute approximate surface area is 201 Å². The lowest BCUT2D eigenvalue weighted by atomic mass is 9.76. The Bertz CT molecular complexity index is 684. The molecule has 0 aromatic carbocycles. The van der Waals surface area contributed by atoms with Gasteiger partial charge in [-0.15, -0.1) is 0 Å². The number of cyclic esters (lactones) is 1. The van der Waals surface area contributed by atoms with Crippen LogP contribution in [0.4, 0.5) is 0 Å². The quantitative estimate of drug-likeness (QED) is 0.463. The lowest BCUT2D eigenvalue weighted by Crippen LogP contribution is -2.59. The van der Waals surface area contributed by atoms with E-state index in [4.69, 9.17) is 9.47 Å². The molecule has 0 spiro atoms. The summed E-state index contributed by atoms with van der Waals surface area (Å²) >= 11 is 0. The molecule has 6 heteroatoms. The van der Waals surface area contributed by atoms with Crippen molar-refractivity contribution in [2.24, 2.45) is 29.1 Å². The molecule has 0 amide bonds. The molecule has 0 bridgehead atoms. The van der Waals surface area contributed by atoms with E-state index in [1.54, 1.807) is 21.0 Å². The van der Waals surface area contributed by atoms with Crippen LogP contribution >= 0.6 is 0 Å². The number of hydrogen-bond acceptors (Lipinski definition) is 6. The molecule has 3 fully saturated rings. The summed E-state index contributed by atoms with van der Waals surface area (Å²) in [6, 6.07) is 0.175. The maximum Gasteiger partial charge on any atom is 0.319 e. The standard InChI is InChI=1S/C27H48N2O4/c1-19-12-27(5,32-7)13-20(2)24(30)26(3,4)25(31)33-18-23(28(6)14-19)22-16-29(17-22)15-21-10-8-9-11-21/h19-23H,8-18H2,1-7H3/t19-,20-,23?,27-/m1/s1. The monoisotopic (exact) mass is 464 g/mol. The van der Waals surface area contributed by atoms with Gasteiger partial charge in [0, 0.05) is 51.2 Å². The number of hydrogen-bond donors (Lipinski definition) is 0. The SMILES string of the molecule is CO[C@]1(C)C[C@@H](C)CN(C)C(C2CN(CC3CCCC3)C2)COC(=O)C(C)(C)C(=O)[C@H](C)C1. The molecule has 2 heterocycles. The first kappa shape index (κ1) is 26.6. The first-order valence-electron chi connectivity index (χ1n) is 13.1. The van der Waals surface area contributed by atoms with Gasteiger partial charge in [-0.2, -0.15) is 0 Å². The molecule has 0 radical (unpaired) electrons. The van der Waals surface area contributed by atoms with Crippen LogP contribution in [0.1, 0.15) is 73.1 Å². The first-order chi connectivity index (χ1) is 15.4. The van der Waals surface area contributed by atoms with Crippen LogP contribution in [-0.4, -0.2) is 80.1 Å². The smallest absolute Gasteiger partial charge is 0.319 e. The van der Waals surface area contributed by atoms with Gasteiger partial charge in [0.25, 0.3) is 0 Å². The molecule has 1 unspecified atom stereocenters. The second-order valence-electron chi connectivity index (χ2n) is 12.3. The molecule has 0 aromatic heterocycles. The first-order valence-corrected chi connectivity index (χ1v) is 13.1. The number of carbonyl (C=O) groups is 2. The minimum absolute atomic E-state index is 0.0565. The Morgan fingerprint density at radius 2 is 1.67 bits per heavy atom. The van der Waals surface area contributed by atoms with Crippen LogP contribution in [0.15, 0.2) is 0 Å². The van der Waals surface area contributed by atoms with E-state index >= 15 is 0 Å². The number of likely N-dealkylation sites (N-methyl/N-ethyl adjacent to an activating group) is 1. The number of esters is 1. The lowest BCUT2D eigenvalue weighted by Gasteiger charge is -2.47. The van der Waals surface area contributed by atoms with Crippen molar-refractivity contribution in [3.8, 4) is 0 Å². The molecular formula is C27H48N2O4. The van der Waals surface area contributed by atoms with Crippen LogP contribution in [0.3, 0.4) is 0 Å².